The number of phenols is 1. The highest BCUT2D eigenvalue weighted by Gasteiger charge is 2.28. The fraction of sp³-hybridized carbons (Fsp3) is 0.292. The standard InChI is InChI=1S/C24H25N5O3S/c25-23-22-24(27-14-26-23)29(15-28-22)21-9-8-20(32-21)13-33-11-10-31-19-6-4-16(5-7-19)17-2-1-3-18(30)12-17/h1-7,12,14-15,20-21,30H,8-11,13H2,(H2,25,26,27)/t20-,21+/m0/s1. The molecule has 3 heterocycles. The molecule has 0 amide bonds. The first-order valence-electron chi connectivity index (χ1n) is 10.9. The molecule has 33 heavy (non-hydrogen) atoms. The van der Waals surface area contributed by atoms with Crippen molar-refractivity contribution < 1.29 is 14.6 Å². The molecule has 8 nitrogen and oxygen atoms in total. The number of phenolic OH excluding ortho intramolecular Hbond substituents is 1. The molecule has 1 aliphatic rings. The second-order valence-corrected chi connectivity index (χ2v) is 9.02. The van der Waals surface area contributed by atoms with Crippen LogP contribution < -0.4 is 10.5 Å². The van der Waals surface area contributed by atoms with Crippen molar-refractivity contribution >= 4 is 28.7 Å². The maximum atomic E-state index is 9.64. The Labute approximate surface area is 195 Å². The summed E-state index contributed by atoms with van der Waals surface area (Å²) in [6.45, 7) is 0.634. The van der Waals surface area contributed by atoms with E-state index in [1.54, 1.807) is 18.5 Å². The van der Waals surface area contributed by atoms with Gasteiger partial charge in [-0.15, -0.1) is 0 Å². The van der Waals surface area contributed by atoms with Crippen LogP contribution in [0.3, 0.4) is 0 Å². The molecule has 9 heteroatoms. The number of hydrogen-bond acceptors (Lipinski definition) is 8. The lowest BCUT2D eigenvalue weighted by Crippen LogP contribution is -2.14. The Morgan fingerprint density at radius 1 is 1.09 bits per heavy atom. The van der Waals surface area contributed by atoms with Crippen LogP contribution in [0.2, 0.25) is 0 Å². The van der Waals surface area contributed by atoms with Crippen molar-refractivity contribution in [1.82, 2.24) is 19.5 Å². The monoisotopic (exact) mass is 463 g/mol. The fourth-order valence-corrected chi connectivity index (χ4v) is 4.83. The summed E-state index contributed by atoms with van der Waals surface area (Å²) in [6.07, 6.45) is 5.22. The molecule has 0 bridgehead atoms. The van der Waals surface area contributed by atoms with Crippen LogP contribution in [0.1, 0.15) is 19.1 Å². The molecule has 5 rings (SSSR count). The first kappa shape index (κ1) is 21.5. The Kier molecular flexibility index (Phi) is 6.32. The van der Waals surface area contributed by atoms with Gasteiger partial charge in [0.05, 0.1) is 19.0 Å². The first-order valence-corrected chi connectivity index (χ1v) is 12.0. The number of nitrogens with two attached hydrogens (primary N) is 1. The van der Waals surface area contributed by atoms with Gasteiger partial charge in [0.25, 0.3) is 0 Å². The number of fused-ring (bicyclic) bond motifs is 1. The van der Waals surface area contributed by atoms with E-state index < -0.39 is 0 Å². The third-order valence-corrected chi connectivity index (χ3v) is 6.68. The predicted octanol–water partition coefficient (Wildman–Crippen LogP) is 4.27. The summed E-state index contributed by atoms with van der Waals surface area (Å²) in [4.78, 5) is 12.6. The van der Waals surface area contributed by atoms with E-state index >= 15 is 0 Å². The molecule has 0 unspecified atom stereocenters. The highest BCUT2D eigenvalue weighted by molar-refractivity contribution is 7.99. The second kappa shape index (κ2) is 9.68. The van der Waals surface area contributed by atoms with Crippen LogP contribution in [-0.4, -0.2) is 48.8 Å². The van der Waals surface area contributed by atoms with Crippen LogP contribution in [0.5, 0.6) is 11.5 Å². The van der Waals surface area contributed by atoms with Gasteiger partial charge in [0, 0.05) is 11.5 Å². The highest BCUT2D eigenvalue weighted by atomic mass is 32.2. The number of rotatable bonds is 8. The van der Waals surface area contributed by atoms with E-state index in [-0.39, 0.29) is 18.1 Å². The van der Waals surface area contributed by atoms with E-state index in [2.05, 4.69) is 15.0 Å². The van der Waals surface area contributed by atoms with Crippen LogP contribution in [0.15, 0.2) is 61.2 Å². The van der Waals surface area contributed by atoms with E-state index in [1.165, 1.54) is 6.33 Å². The zero-order chi connectivity index (χ0) is 22.6. The minimum atomic E-state index is -0.0730. The summed E-state index contributed by atoms with van der Waals surface area (Å²) in [5.41, 5.74) is 9.23. The van der Waals surface area contributed by atoms with Crippen LogP contribution in [0.4, 0.5) is 5.82 Å². The third-order valence-electron chi connectivity index (χ3n) is 5.62. The molecule has 0 aliphatic carbocycles. The van der Waals surface area contributed by atoms with Gasteiger partial charge in [-0.2, -0.15) is 11.8 Å². The molecule has 0 saturated carbocycles. The van der Waals surface area contributed by atoms with Crippen molar-refractivity contribution in [3.05, 3.63) is 61.2 Å². The summed E-state index contributed by atoms with van der Waals surface area (Å²) in [7, 11) is 0. The molecule has 2 atom stereocenters. The van der Waals surface area contributed by atoms with E-state index in [4.69, 9.17) is 15.2 Å². The van der Waals surface area contributed by atoms with Crippen molar-refractivity contribution in [2.45, 2.75) is 25.2 Å². The van der Waals surface area contributed by atoms with Gasteiger partial charge in [0.2, 0.25) is 0 Å². The van der Waals surface area contributed by atoms with Gasteiger partial charge in [0.1, 0.15) is 29.6 Å². The maximum absolute atomic E-state index is 9.64. The Morgan fingerprint density at radius 3 is 2.82 bits per heavy atom. The quantitative estimate of drug-likeness (QED) is 0.373. The van der Waals surface area contributed by atoms with Gasteiger partial charge in [-0.05, 0) is 48.2 Å². The Bertz CT molecular complexity index is 1230. The fourth-order valence-electron chi connectivity index (χ4n) is 3.96. The lowest BCUT2D eigenvalue weighted by molar-refractivity contribution is 0.0153. The average Bonchev–Trinajstić information content (AvgIpc) is 3.47. The molecule has 2 aromatic carbocycles. The van der Waals surface area contributed by atoms with Gasteiger partial charge in [-0.25, -0.2) is 15.0 Å². The average molecular weight is 464 g/mol. The van der Waals surface area contributed by atoms with Gasteiger partial charge >= 0.3 is 0 Å². The number of nitrogen functional groups attached to an aromatic ring is 1. The number of aromatic nitrogens is 4. The summed E-state index contributed by atoms with van der Waals surface area (Å²) in [6, 6.07) is 15.1. The molecule has 1 fully saturated rings. The Morgan fingerprint density at radius 2 is 1.97 bits per heavy atom. The van der Waals surface area contributed by atoms with Gasteiger partial charge < -0.3 is 20.3 Å². The van der Waals surface area contributed by atoms with E-state index in [1.807, 2.05) is 52.7 Å². The van der Waals surface area contributed by atoms with Crippen LogP contribution in [0, 0.1) is 0 Å². The lowest BCUT2D eigenvalue weighted by Gasteiger charge is -2.15. The van der Waals surface area contributed by atoms with Crippen LogP contribution in [0.25, 0.3) is 22.3 Å². The van der Waals surface area contributed by atoms with Crippen molar-refractivity contribution in [2.75, 3.05) is 23.8 Å². The van der Waals surface area contributed by atoms with Crippen LogP contribution >= 0.6 is 11.8 Å². The van der Waals surface area contributed by atoms with Crippen LogP contribution in [-0.2, 0) is 4.74 Å². The molecule has 0 radical (unpaired) electrons. The maximum Gasteiger partial charge on any atom is 0.167 e. The smallest absolute Gasteiger partial charge is 0.167 e. The Balaban J connectivity index is 1.05. The molecule has 2 aromatic heterocycles. The zero-order valence-corrected chi connectivity index (χ0v) is 18.8. The van der Waals surface area contributed by atoms with E-state index in [0.29, 0.717) is 23.6 Å². The number of aromatic hydroxyl groups is 1. The zero-order valence-electron chi connectivity index (χ0n) is 18.0. The Hall–Kier alpha value is -3.30. The van der Waals surface area contributed by atoms with Crippen molar-refractivity contribution in [1.29, 1.82) is 0 Å². The molecule has 1 aliphatic heterocycles. The molecule has 0 spiro atoms. The number of ether oxygens (including phenoxy) is 2. The SMILES string of the molecule is Nc1ncnc2c1ncn2[C@H]1CC[C@@H](CSCCOc2ccc(-c3cccc(O)c3)cc2)O1. The topological polar surface area (TPSA) is 108 Å². The number of hydrogen-bond donors (Lipinski definition) is 2. The first-order chi connectivity index (χ1) is 16.2. The molecule has 1 saturated heterocycles. The third kappa shape index (κ3) is 4.89. The molecule has 4 aromatic rings. The lowest BCUT2D eigenvalue weighted by atomic mass is 10.1. The number of benzene rings is 2. The minimum absolute atomic E-state index is 0.0730. The summed E-state index contributed by atoms with van der Waals surface area (Å²) >= 11 is 1.83. The van der Waals surface area contributed by atoms with E-state index in [0.717, 1.165) is 41.2 Å². The van der Waals surface area contributed by atoms with Gasteiger partial charge in [-0.1, -0.05) is 24.3 Å². The second-order valence-electron chi connectivity index (χ2n) is 7.87. The van der Waals surface area contributed by atoms with Crippen molar-refractivity contribution in [3.63, 3.8) is 0 Å². The molecule has 170 valence electrons. The normalized spacial score (nSPS) is 18.1. The summed E-state index contributed by atoms with van der Waals surface area (Å²) in [5, 5.41) is 9.64. The van der Waals surface area contributed by atoms with Gasteiger partial charge in [-0.3, -0.25) is 4.57 Å². The molecular weight excluding hydrogens is 438 g/mol. The highest BCUT2D eigenvalue weighted by Crippen LogP contribution is 2.32. The largest absolute Gasteiger partial charge is 0.508 e. The summed E-state index contributed by atoms with van der Waals surface area (Å²) in [5.74, 6) is 3.29. The van der Waals surface area contributed by atoms with Crippen molar-refractivity contribution in [2.24, 2.45) is 0 Å². The van der Waals surface area contributed by atoms with Crippen molar-refractivity contribution in [3.8, 4) is 22.6 Å². The number of thioether (sulfide) groups is 1. The summed E-state index contributed by atoms with van der Waals surface area (Å²) < 4.78 is 14.0. The number of nitrogens with zero attached hydrogens (tertiary/aromatic N) is 4. The number of anilines is 1. The minimum Gasteiger partial charge on any atom is -0.508 e. The van der Waals surface area contributed by atoms with Gasteiger partial charge in [0.15, 0.2) is 11.5 Å². The van der Waals surface area contributed by atoms with E-state index in [9.17, 15) is 5.11 Å². The number of imidazole rings is 1. The predicted molar refractivity (Wildman–Crippen MR) is 129 cm³/mol. The molecular formula is C24H25N5O3S. The molecule has 3 N–H and O–H groups in total.